The molecular formula is C19H23N3O6S. The first-order chi connectivity index (χ1) is 13.7. The van der Waals surface area contributed by atoms with E-state index >= 15 is 0 Å². The first kappa shape index (κ1) is 20.9. The largest absolute Gasteiger partial charge is 0.467 e. The number of carbonyl (C=O) groups excluding carboxylic acids is 1. The van der Waals surface area contributed by atoms with Crippen molar-refractivity contribution in [1.82, 2.24) is 14.6 Å². The normalized spacial score (nSPS) is 13.1. The zero-order valence-corrected chi connectivity index (χ0v) is 17.2. The van der Waals surface area contributed by atoms with E-state index in [0.717, 1.165) is 0 Å². The van der Waals surface area contributed by atoms with E-state index in [0.29, 0.717) is 17.7 Å². The fourth-order valence-corrected chi connectivity index (χ4v) is 4.15. The third kappa shape index (κ3) is 4.77. The van der Waals surface area contributed by atoms with Crippen molar-refractivity contribution in [2.24, 2.45) is 13.0 Å². The Balaban J connectivity index is 1.81. The average Bonchev–Trinajstić information content (AvgIpc) is 3.27. The first-order valence-corrected chi connectivity index (χ1v) is 10.6. The number of amides is 1. The van der Waals surface area contributed by atoms with Crippen LogP contribution >= 0.6 is 0 Å². The van der Waals surface area contributed by atoms with Gasteiger partial charge in [0, 0.05) is 13.1 Å². The minimum atomic E-state index is -4.02. The van der Waals surface area contributed by atoms with Gasteiger partial charge in [0.15, 0.2) is 5.58 Å². The van der Waals surface area contributed by atoms with Crippen LogP contribution in [-0.2, 0) is 28.4 Å². The molecule has 9 nitrogen and oxygen atoms in total. The molecule has 156 valence electrons. The van der Waals surface area contributed by atoms with E-state index < -0.39 is 27.7 Å². The number of aromatic nitrogens is 1. The number of aryl methyl sites for hydroxylation is 1. The Morgan fingerprint density at radius 3 is 2.66 bits per heavy atom. The standard InChI is InChI=1S/C19H23N3O6S/c1-12(2)9-15(18(23)20-11-13-5-4-8-27-13)21-29(25,26)14-6-7-16-17(10-14)28-19(24)22(16)3/h4-8,10,12,15,21H,9,11H2,1-3H3,(H,20,23). The molecule has 2 heterocycles. The summed E-state index contributed by atoms with van der Waals surface area (Å²) < 4.78 is 39.7. The Morgan fingerprint density at radius 1 is 1.24 bits per heavy atom. The molecule has 0 aliphatic heterocycles. The van der Waals surface area contributed by atoms with Gasteiger partial charge in [-0.15, -0.1) is 0 Å². The summed E-state index contributed by atoms with van der Waals surface area (Å²) in [4.78, 5) is 24.1. The van der Waals surface area contributed by atoms with Crippen LogP contribution in [0.15, 0.2) is 55.1 Å². The maximum atomic E-state index is 12.9. The van der Waals surface area contributed by atoms with Crippen molar-refractivity contribution in [1.29, 1.82) is 0 Å². The quantitative estimate of drug-likeness (QED) is 0.571. The molecule has 3 rings (SSSR count). The Kier molecular flexibility index (Phi) is 5.94. The number of nitrogens with zero attached hydrogens (tertiary/aromatic N) is 1. The second-order valence-corrected chi connectivity index (χ2v) is 8.87. The molecule has 1 atom stereocenters. The molecule has 1 aromatic carbocycles. The minimum absolute atomic E-state index is 0.0756. The van der Waals surface area contributed by atoms with Gasteiger partial charge >= 0.3 is 5.76 Å². The predicted molar refractivity (Wildman–Crippen MR) is 106 cm³/mol. The fraction of sp³-hybridized carbons (Fsp3) is 0.368. The summed E-state index contributed by atoms with van der Waals surface area (Å²) >= 11 is 0. The van der Waals surface area contributed by atoms with Crippen molar-refractivity contribution in [3.05, 3.63) is 52.9 Å². The van der Waals surface area contributed by atoms with Crippen LogP contribution in [0.4, 0.5) is 0 Å². The highest BCUT2D eigenvalue weighted by Gasteiger charge is 2.27. The van der Waals surface area contributed by atoms with Crippen molar-refractivity contribution in [3.8, 4) is 0 Å². The summed E-state index contributed by atoms with van der Waals surface area (Å²) in [6.07, 6.45) is 1.81. The van der Waals surface area contributed by atoms with Gasteiger partial charge in [-0.1, -0.05) is 13.8 Å². The summed E-state index contributed by atoms with van der Waals surface area (Å²) in [6, 6.07) is 6.58. The monoisotopic (exact) mass is 421 g/mol. The molecule has 0 saturated heterocycles. The van der Waals surface area contributed by atoms with E-state index in [-0.39, 0.29) is 22.9 Å². The van der Waals surface area contributed by atoms with Crippen LogP contribution in [0.25, 0.3) is 11.1 Å². The number of benzene rings is 1. The molecule has 2 aromatic heterocycles. The van der Waals surface area contributed by atoms with Crippen LogP contribution in [0.1, 0.15) is 26.0 Å². The molecule has 29 heavy (non-hydrogen) atoms. The molecule has 0 aliphatic rings. The Labute approximate surface area is 167 Å². The molecule has 0 radical (unpaired) electrons. The van der Waals surface area contributed by atoms with E-state index in [1.165, 1.54) is 36.1 Å². The molecule has 0 bridgehead atoms. The number of furan rings is 1. The summed E-state index contributed by atoms with van der Waals surface area (Å²) in [5.74, 6) is -0.399. The fourth-order valence-electron chi connectivity index (χ4n) is 2.93. The lowest BCUT2D eigenvalue weighted by molar-refractivity contribution is -0.123. The number of hydrogen-bond donors (Lipinski definition) is 2. The van der Waals surface area contributed by atoms with Gasteiger partial charge in [0.1, 0.15) is 11.8 Å². The summed E-state index contributed by atoms with van der Waals surface area (Å²) in [5.41, 5.74) is 0.631. The number of carbonyl (C=O) groups is 1. The molecule has 0 spiro atoms. The molecule has 1 unspecified atom stereocenters. The molecule has 0 aliphatic carbocycles. The molecule has 0 saturated carbocycles. The highest BCUT2D eigenvalue weighted by Crippen LogP contribution is 2.19. The van der Waals surface area contributed by atoms with Gasteiger partial charge in [-0.2, -0.15) is 4.72 Å². The maximum absolute atomic E-state index is 12.9. The van der Waals surface area contributed by atoms with Crippen LogP contribution in [0.2, 0.25) is 0 Å². The van der Waals surface area contributed by atoms with Gasteiger partial charge in [0.25, 0.3) is 0 Å². The molecule has 1 amide bonds. The van der Waals surface area contributed by atoms with Crippen molar-refractivity contribution in [2.75, 3.05) is 0 Å². The topological polar surface area (TPSA) is 124 Å². The molecule has 0 fully saturated rings. The van der Waals surface area contributed by atoms with Crippen LogP contribution < -0.4 is 15.8 Å². The van der Waals surface area contributed by atoms with E-state index in [2.05, 4.69) is 10.0 Å². The summed E-state index contributed by atoms with van der Waals surface area (Å²) in [6.45, 7) is 3.95. The van der Waals surface area contributed by atoms with Crippen molar-refractivity contribution >= 4 is 27.0 Å². The Morgan fingerprint density at radius 2 is 2.00 bits per heavy atom. The Hall–Kier alpha value is -2.85. The van der Waals surface area contributed by atoms with Crippen molar-refractivity contribution in [2.45, 2.75) is 37.8 Å². The third-order valence-corrected chi connectivity index (χ3v) is 5.88. The SMILES string of the molecule is CC(C)CC(NS(=O)(=O)c1ccc2c(c1)oc(=O)n2C)C(=O)NCc1ccco1. The molecule has 3 aromatic rings. The third-order valence-electron chi connectivity index (χ3n) is 4.41. The van der Waals surface area contributed by atoms with E-state index in [1.807, 2.05) is 13.8 Å². The lowest BCUT2D eigenvalue weighted by atomic mass is 10.0. The molecular weight excluding hydrogens is 398 g/mol. The van der Waals surface area contributed by atoms with Gasteiger partial charge in [0.2, 0.25) is 15.9 Å². The van der Waals surface area contributed by atoms with E-state index in [4.69, 9.17) is 8.83 Å². The second-order valence-electron chi connectivity index (χ2n) is 7.16. The Bertz CT molecular complexity index is 1160. The van der Waals surface area contributed by atoms with Crippen LogP contribution in [-0.4, -0.2) is 24.9 Å². The van der Waals surface area contributed by atoms with Crippen molar-refractivity contribution in [3.63, 3.8) is 0 Å². The number of fused-ring (bicyclic) bond motifs is 1. The maximum Gasteiger partial charge on any atom is 0.419 e. The highest BCUT2D eigenvalue weighted by molar-refractivity contribution is 7.89. The summed E-state index contributed by atoms with van der Waals surface area (Å²) in [7, 11) is -2.49. The van der Waals surface area contributed by atoms with E-state index in [9.17, 15) is 18.0 Å². The highest BCUT2D eigenvalue weighted by atomic mass is 32.2. The van der Waals surface area contributed by atoms with Crippen LogP contribution in [0.3, 0.4) is 0 Å². The number of hydrogen-bond acceptors (Lipinski definition) is 6. The minimum Gasteiger partial charge on any atom is -0.467 e. The van der Waals surface area contributed by atoms with Gasteiger partial charge in [-0.05, 0) is 36.6 Å². The van der Waals surface area contributed by atoms with Crippen LogP contribution in [0, 0.1) is 5.92 Å². The van der Waals surface area contributed by atoms with Crippen LogP contribution in [0.5, 0.6) is 0 Å². The van der Waals surface area contributed by atoms with Gasteiger partial charge < -0.3 is 14.2 Å². The molecule has 2 N–H and O–H groups in total. The predicted octanol–water partition coefficient (Wildman–Crippen LogP) is 1.73. The summed E-state index contributed by atoms with van der Waals surface area (Å²) in [5, 5.41) is 2.68. The lowest BCUT2D eigenvalue weighted by Crippen LogP contribution is -2.47. The van der Waals surface area contributed by atoms with Gasteiger partial charge in [-0.25, -0.2) is 13.2 Å². The smallest absolute Gasteiger partial charge is 0.419 e. The molecule has 10 heteroatoms. The first-order valence-electron chi connectivity index (χ1n) is 9.09. The zero-order chi connectivity index (χ0) is 21.2. The van der Waals surface area contributed by atoms with Crippen molar-refractivity contribution < 1.29 is 22.0 Å². The zero-order valence-electron chi connectivity index (χ0n) is 16.3. The number of rotatable bonds is 8. The number of sulfonamides is 1. The second kappa shape index (κ2) is 8.26. The number of nitrogens with one attached hydrogen (secondary N) is 2. The van der Waals surface area contributed by atoms with E-state index in [1.54, 1.807) is 12.1 Å². The van der Waals surface area contributed by atoms with Gasteiger partial charge in [0.05, 0.1) is 23.2 Å². The van der Waals surface area contributed by atoms with Gasteiger partial charge in [-0.3, -0.25) is 9.36 Å². The number of oxazole rings is 1. The average molecular weight is 421 g/mol. The lowest BCUT2D eigenvalue weighted by Gasteiger charge is -2.20.